The fourth-order valence-corrected chi connectivity index (χ4v) is 11.8. The van der Waals surface area contributed by atoms with Crippen LogP contribution in [0, 0.1) is 0 Å². The van der Waals surface area contributed by atoms with E-state index >= 15 is 0 Å². The van der Waals surface area contributed by atoms with Crippen LogP contribution in [0.4, 0.5) is 0 Å². The molecule has 3 heterocycles. The summed E-state index contributed by atoms with van der Waals surface area (Å²) in [5.41, 5.74) is 19.4. The fourth-order valence-electron chi connectivity index (χ4n) is 10.6. The van der Waals surface area contributed by atoms with Gasteiger partial charge in [-0.2, -0.15) is 0 Å². The van der Waals surface area contributed by atoms with Crippen molar-refractivity contribution in [3.05, 3.63) is 235 Å². The summed E-state index contributed by atoms with van der Waals surface area (Å²) in [6.45, 7) is 8.66. The molecule has 0 N–H and O–H groups in total. The van der Waals surface area contributed by atoms with Crippen molar-refractivity contribution in [2.75, 3.05) is 0 Å². The van der Waals surface area contributed by atoms with E-state index in [-0.39, 0.29) is 0 Å². The molecule has 63 heavy (non-hydrogen) atoms. The van der Waals surface area contributed by atoms with Gasteiger partial charge < -0.3 is 4.42 Å². The van der Waals surface area contributed by atoms with Crippen molar-refractivity contribution in [3.8, 4) is 56.0 Å². The number of nitrogens with zero attached hydrogens (tertiary/aromatic N) is 2. The van der Waals surface area contributed by atoms with Gasteiger partial charge in [-0.05, 0) is 103 Å². The van der Waals surface area contributed by atoms with Crippen molar-refractivity contribution in [1.82, 2.24) is 9.97 Å². The molecule has 8 aromatic carbocycles. The predicted molar refractivity (Wildman–Crippen MR) is 263 cm³/mol. The van der Waals surface area contributed by atoms with Gasteiger partial charge in [-0.15, -0.1) is 11.3 Å². The number of furan rings is 1. The van der Waals surface area contributed by atoms with Crippen LogP contribution >= 0.6 is 11.3 Å². The molecule has 0 fully saturated rings. The molecule has 3 nitrogen and oxygen atoms in total. The largest absolute Gasteiger partial charge is 0.456 e. The van der Waals surface area contributed by atoms with E-state index in [1.165, 1.54) is 54.8 Å². The van der Waals surface area contributed by atoms with Crippen molar-refractivity contribution in [2.24, 2.45) is 0 Å². The van der Waals surface area contributed by atoms with E-state index in [9.17, 15) is 0 Å². The molecule has 294 valence electrons. The van der Waals surface area contributed by atoms with E-state index in [1.807, 2.05) is 18.2 Å². The van der Waals surface area contributed by atoms with Crippen molar-refractivity contribution < 1.29 is 4.42 Å². The SMILES string of the molecule is C=CC1=C(C=C)C2(c3ccccc31)c1ccccc1-c1ccc(-c3ccc4c(c3)oc3cccc(-c5nc(-c6ccccc6)c6sc7ccc(-c8ccccc8)cc7c6n5)c34)cc12. The van der Waals surface area contributed by atoms with E-state index in [2.05, 4.69) is 189 Å². The van der Waals surface area contributed by atoms with E-state index < -0.39 is 5.41 Å². The summed E-state index contributed by atoms with van der Waals surface area (Å²) in [5, 5.41) is 3.16. The van der Waals surface area contributed by atoms with E-state index in [4.69, 9.17) is 14.4 Å². The molecule has 0 radical (unpaired) electrons. The van der Waals surface area contributed by atoms with Gasteiger partial charge in [-0.25, -0.2) is 9.97 Å². The van der Waals surface area contributed by atoms with Crippen LogP contribution in [-0.4, -0.2) is 9.97 Å². The Morgan fingerprint density at radius 3 is 1.92 bits per heavy atom. The van der Waals surface area contributed by atoms with Crippen LogP contribution in [0.5, 0.6) is 0 Å². The molecule has 3 aromatic heterocycles. The summed E-state index contributed by atoms with van der Waals surface area (Å²) >= 11 is 1.75. The van der Waals surface area contributed by atoms with Crippen molar-refractivity contribution >= 4 is 59.2 Å². The molecular weight excluding hydrogens is 785 g/mol. The Labute approximate surface area is 368 Å². The molecule has 1 atom stereocenters. The standard InChI is InChI=1S/C59H36N2OS/c1-3-40-41-20-11-13-23-48(41)59(47(40)4-2)49-24-14-12-21-42(49)43-29-26-38(33-50(43)59)39-27-30-44-52(34-39)62-51-25-15-22-45(54(44)51)58-60-55(36-18-9-6-10-19-36)57-56(61-58)46-32-37(28-31-53(46)63-57)35-16-7-5-8-17-35/h3-34H,1-2H2. The number of aromatic nitrogens is 2. The molecule has 0 saturated heterocycles. The molecule has 0 saturated carbocycles. The zero-order valence-electron chi connectivity index (χ0n) is 34.1. The highest BCUT2D eigenvalue weighted by Crippen LogP contribution is 2.62. The summed E-state index contributed by atoms with van der Waals surface area (Å²) < 4.78 is 9.02. The molecule has 1 spiro atoms. The Morgan fingerprint density at radius 1 is 0.476 bits per heavy atom. The second-order valence-corrected chi connectivity index (χ2v) is 17.5. The molecule has 11 aromatic rings. The maximum absolute atomic E-state index is 6.76. The van der Waals surface area contributed by atoms with Crippen LogP contribution in [0.2, 0.25) is 0 Å². The highest BCUT2D eigenvalue weighted by molar-refractivity contribution is 7.26. The van der Waals surface area contributed by atoms with Crippen LogP contribution in [0.3, 0.4) is 0 Å². The van der Waals surface area contributed by atoms with Crippen LogP contribution in [0.1, 0.15) is 22.3 Å². The van der Waals surface area contributed by atoms with Gasteiger partial charge in [0, 0.05) is 32.0 Å². The monoisotopic (exact) mass is 820 g/mol. The number of rotatable bonds is 6. The van der Waals surface area contributed by atoms with Crippen LogP contribution in [0.15, 0.2) is 217 Å². The zero-order chi connectivity index (χ0) is 41.8. The first-order valence-corrected chi connectivity index (χ1v) is 22.1. The summed E-state index contributed by atoms with van der Waals surface area (Å²) in [5.74, 6) is 0.675. The van der Waals surface area contributed by atoms with Crippen molar-refractivity contribution in [3.63, 3.8) is 0 Å². The van der Waals surface area contributed by atoms with Gasteiger partial charge in [0.1, 0.15) is 11.2 Å². The number of benzene rings is 8. The first-order chi connectivity index (χ1) is 31.1. The quantitative estimate of drug-likeness (QED) is 0.168. The Kier molecular flexibility index (Phi) is 7.69. The van der Waals surface area contributed by atoms with Gasteiger partial charge >= 0.3 is 0 Å². The maximum Gasteiger partial charge on any atom is 0.161 e. The lowest BCUT2D eigenvalue weighted by molar-refractivity contribution is 0.669. The molecule has 13 rings (SSSR count). The molecular formula is C59H36N2OS. The summed E-state index contributed by atoms with van der Waals surface area (Å²) in [7, 11) is 0. The second-order valence-electron chi connectivity index (χ2n) is 16.4. The first kappa shape index (κ1) is 35.8. The minimum absolute atomic E-state index is 0.501. The zero-order valence-corrected chi connectivity index (χ0v) is 34.9. The topological polar surface area (TPSA) is 38.9 Å². The van der Waals surface area contributed by atoms with E-state index in [0.717, 1.165) is 71.1 Å². The number of hydrogen-bond acceptors (Lipinski definition) is 4. The highest BCUT2D eigenvalue weighted by atomic mass is 32.1. The fraction of sp³-hybridized carbons (Fsp3) is 0.0169. The van der Waals surface area contributed by atoms with Gasteiger partial charge in [0.25, 0.3) is 0 Å². The second kappa shape index (κ2) is 13.5. The maximum atomic E-state index is 6.76. The Hall–Kier alpha value is -7.92. The molecule has 0 amide bonds. The lowest BCUT2D eigenvalue weighted by Crippen LogP contribution is -2.26. The molecule has 1 unspecified atom stereocenters. The minimum Gasteiger partial charge on any atom is -0.456 e. The molecule has 0 aliphatic heterocycles. The summed E-state index contributed by atoms with van der Waals surface area (Å²) in [6.07, 6.45) is 4.04. The summed E-state index contributed by atoms with van der Waals surface area (Å²) in [4.78, 5) is 10.8. The van der Waals surface area contributed by atoms with Crippen molar-refractivity contribution in [1.29, 1.82) is 0 Å². The van der Waals surface area contributed by atoms with Crippen LogP contribution in [-0.2, 0) is 5.41 Å². The average Bonchev–Trinajstić information content (AvgIpc) is 4.08. The van der Waals surface area contributed by atoms with Gasteiger partial charge in [0.15, 0.2) is 5.82 Å². The number of allylic oxidation sites excluding steroid dienone is 4. The Bertz CT molecular complexity index is 3780. The number of hydrogen-bond donors (Lipinski definition) is 0. The molecule has 0 bridgehead atoms. The summed E-state index contributed by atoms with van der Waals surface area (Å²) in [6, 6.07) is 65.1. The molecule has 2 aliphatic rings. The van der Waals surface area contributed by atoms with Crippen LogP contribution < -0.4 is 0 Å². The van der Waals surface area contributed by atoms with Crippen LogP contribution in [0.25, 0.3) is 104 Å². The van der Waals surface area contributed by atoms with Gasteiger partial charge in [0.2, 0.25) is 0 Å². The number of thiophene rings is 1. The van der Waals surface area contributed by atoms with Gasteiger partial charge in [0.05, 0.1) is 21.3 Å². The third kappa shape index (κ3) is 5.01. The first-order valence-electron chi connectivity index (χ1n) is 21.3. The third-order valence-electron chi connectivity index (χ3n) is 13.3. The average molecular weight is 821 g/mol. The van der Waals surface area contributed by atoms with Gasteiger partial charge in [-0.1, -0.05) is 171 Å². The lowest BCUT2D eigenvalue weighted by Gasteiger charge is -2.31. The molecule has 4 heteroatoms. The minimum atomic E-state index is -0.501. The Balaban J connectivity index is 0.986. The molecule has 2 aliphatic carbocycles. The normalized spacial score (nSPS) is 15.1. The van der Waals surface area contributed by atoms with Gasteiger partial charge in [-0.3, -0.25) is 0 Å². The predicted octanol–water partition coefficient (Wildman–Crippen LogP) is 15.9. The third-order valence-corrected chi connectivity index (χ3v) is 14.5. The number of fused-ring (bicyclic) bond motifs is 13. The van der Waals surface area contributed by atoms with E-state index in [0.29, 0.717) is 5.82 Å². The van der Waals surface area contributed by atoms with Crippen molar-refractivity contribution in [2.45, 2.75) is 5.41 Å². The highest BCUT2D eigenvalue weighted by Gasteiger charge is 2.51. The lowest BCUT2D eigenvalue weighted by atomic mass is 9.69. The smallest absolute Gasteiger partial charge is 0.161 e. The van der Waals surface area contributed by atoms with E-state index in [1.54, 1.807) is 11.3 Å². The Morgan fingerprint density at radius 2 is 1.13 bits per heavy atom.